The minimum atomic E-state index is -2.83. The van der Waals surface area contributed by atoms with Crippen LogP contribution in [0.25, 0.3) is 0 Å². The molecular formula is C19H18F2N2O2. The summed E-state index contributed by atoms with van der Waals surface area (Å²) < 4.78 is 28.4. The average molecular weight is 344 g/mol. The lowest BCUT2D eigenvalue weighted by Gasteiger charge is -2.09. The van der Waals surface area contributed by atoms with Crippen LogP contribution in [0.4, 0.5) is 14.5 Å². The summed E-state index contributed by atoms with van der Waals surface area (Å²) >= 11 is 0. The molecule has 130 valence electrons. The molecule has 0 saturated heterocycles. The van der Waals surface area contributed by atoms with Crippen molar-refractivity contribution in [2.24, 2.45) is 0 Å². The highest BCUT2D eigenvalue weighted by Crippen LogP contribution is 2.15. The van der Waals surface area contributed by atoms with E-state index in [1.807, 2.05) is 18.2 Å². The maximum Gasteiger partial charge on any atom is 0.387 e. The van der Waals surface area contributed by atoms with Crippen molar-refractivity contribution in [3.63, 3.8) is 0 Å². The Hall–Kier alpha value is -3.07. The number of amides is 1. The van der Waals surface area contributed by atoms with Crippen molar-refractivity contribution < 1.29 is 18.3 Å². The first-order valence-corrected chi connectivity index (χ1v) is 7.68. The van der Waals surface area contributed by atoms with E-state index >= 15 is 0 Å². The molecule has 2 N–H and O–H groups in total. The second-order valence-corrected chi connectivity index (χ2v) is 5.20. The Morgan fingerprint density at radius 3 is 2.64 bits per heavy atom. The van der Waals surface area contributed by atoms with Gasteiger partial charge in [-0.2, -0.15) is 8.78 Å². The molecule has 0 aliphatic carbocycles. The van der Waals surface area contributed by atoms with E-state index in [0.717, 1.165) is 16.8 Å². The molecule has 0 heterocycles. The van der Waals surface area contributed by atoms with Crippen LogP contribution in [0.15, 0.2) is 48.5 Å². The zero-order chi connectivity index (χ0) is 18.1. The lowest BCUT2D eigenvalue weighted by Crippen LogP contribution is -2.31. The van der Waals surface area contributed by atoms with Gasteiger partial charge in [0.2, 0.25) is 5.91 Å². The van der Waals surface area contributed by atoms with Crippen LogP contribution >= 0.6 is 0 Å². The molecule has 0 unspecified atom stereocenters. The maximum atomic E-state index is 12.1. The van der Waals surface area contributed by atoms with Gasteiger partial charge in [-0.3, -0.25) is 4.79 Å². The highest BCUT2D eigenvalue weighted by molar-refractivity contribution is 5.80. The molecule has 0 atom stereocenters. The summed E-state index contributed by atoms with van der Waals surface area (Å²) in [5.41, 5.74) is 2.43. The van der Waals surface area contributed by atoms with Gasteiger partial charge in [0.1, 0.15) is 5.75 Å². The molecule has 0 radical (unpaired) electrons. The lowest BCUT2D eigenvalue weighted by molar-refractivity contribution is -0.119. The van der Waals surface area contributed by atoms with E-state index in [2.05, 4.69) is 21.3 Å². The maximum absolute atomic E-state index is 12.1. The van der Waals surface area contributed by atoms with Crippen LogP contribution in [-0.4, -0.2) is 25.6 Å². The number of hydrogen-bond acceptors (Lipinski definition) is 3. The monoisotopic (exact) mass is 344 g/mol. The third kappa shape index (κ3) is 6.51. The third-order valence-electron chi connectivity index (χ3n) is 3.37. The predicted molar refractivity (Wildman–Crippen MR) is 92.7 cm³/mol. The first-order chi connectivity index (χ1) is 12.1. The van der Waals surface area contributed by atoms with Crippen molar-refractivity contribution in [1.82, 2.24) is 5.32 Å². The summed E-state index contributed by atoms with van der Waals surface area (Å²) in [4.78, 5) is 11.8. The Morgan fingerprint density at radius 1 is 1.20 bits per heavy atom. The zero-order valence-corrected chi connectivity index (χ0v) is 13.5. The van der Waals surface area contributed by atoms with Crippen molar-refractivity contribution in [3.8, 4) is 18.1 Å². The Balaban J connectivity index is 1.70. The Kier molecular flexibility index (Phi) is 6.78. The quantitative estimate of drug-likeness (QED) is 0.724. The molecule has 2 rings (SSSR count). The number of terminal acetylenes is 1. The molecular weight excluding hydrogens is 326 g/mol. The van der Waals surface area contributed by atoms with Gasteiger partial charge in [0.25, 0.3) is 0 Å². The molecule has 0 aromatic heterocycles. The van der Waals surface area contributed by atoms with Crippen molar-refractivity contribution in [2.75, 3.05) is 18.4 Å². The predicted octanol–water partition coefficient (Wildman–Crippen LogP) is 3.04. The van der Waals surface area contributed by atoms with Crippen LogP contribution in [0.3, 0.4) is 0 Å². The number of ether oxygens (including phenoxy) is 1. The van der Waals surface area contributed by atoms with Crippen LogP contribution < -0.4 is 15.4 Å². The SMILES string of the molecule is C#Cc1cccc(NCC(=O)NCCc2ccc(OC(F)F)cc2)c1. The molecule has 0 fully saturated rings. The fraction of sp³-hybridized carbons (Fsp3) is 0.211. The number of benzene rings is 2. The van der Waals surface area contributed by atoms with Gasteiger partial charge >= 0.3 is 6.61 Å². The van der Waals surface area contributed by atoms with Crippen molar-refractivity contribution in [3.05, 3.63) is 59.7 Å². The summed E-state index contributed by atoms with van der Waals surface area (Å²) in [6.07, 6.45) is 5.92. The highest BCUT2D eigenvalue weighted by Gasteiger charge is 2.04. The third-order valence-corrected chi connectivity index (χ3v) is 3.37. The molecule has 25 heavy (non-hydrogen) atoms. The molecule has 0 aliphatic heterocycles. The molecule has 2 aromatic carbocycles. The summed E-state index contributed by atoms with van der Waals surface area (Å²) in [7, 11) is 0. The van der Waals surface area contributed by atoms with Crippen LogP contribution in [0.1, 0.15) is 11.1 Å². The second kappa shape index (κ2) is 9.28. The van der Waals surface area contributed by atoms with Gasteiger partial charge in [-0.05, 0) is 42.3 Å². The smallest absolute Gasteiger partial charge is 0.387 e. The summed E-state index contributed by atoms with van der Waals surface area (Å²) in [6.45, 7) is -2.26. The number of nitrogens with one attached hydrogen (secondary N) is 2. The van der Waals surface area contributed by atoms with Crippen LogP contribution in [0, 0.1) is 12.3 Å². The first kappa shape index (κ1) is 18.3. The molecule has 0 spiro atoms. The van der Waals surface area contributed by atoms with E-state index < -0.39 is 6.61 Å². The number of rotatable bonds is 8. The number of carbonyl (C=O) groups is 1. The second-order valence-electron chi connectivity index (χ2n) is 5.20. The fourth-order valence-electron chi connectivity index (χ4n) is 2.15. The number of alkyl halides is 2. The number of hydrogen-bond donors (Lipinski definition) is 2. The number of anilines is 1. The van der Waals surface area contributed by atoms with Gasteiger partial charge in [0.05, 0.1) is 6.54 Å². The van der Waals surface area contributed by atoms with E-state index in [-0.39, 0.29) is 18.2 Å². The molecule has 0 aliphatic rings. The van der Waals surface area contributed by atoms with Crippen LogP contribution in [0.5, 0.6) is 5.75 Å². The summed E-state index contributed by atoms with van der Waals surface area (Å²) in [6, 6.07) is 13.6. The Labute approximate surface area is 145 Å². The zero-order valence-electron chi connectivity index (χ0n) is 13.5. The number of carbonyl (C=O) groups excluding carboxylic acids is 1. The van der Waals surface area contributed by atoms with Gasteiger partial charge < -0.3 is 15.4 Å². The minimum absolute atomic E-state index is 0.112. The topological polar surface area (TPSA) is 50.4 Å². The van der Waals surface area contributed by atoms with Crippen LogP contribution in [0.2, 0.25) is 0 Å². The summed E-state index contributed by atoms with van der Waals surface area (Å²) in [5.74, 6) is 2.49. The average Bonchev–Trinajstić information content (AvgIpc) is 2.61. The van der Waals surface area contributed by atoms with E-state index in [1.165, 1.54) is 12.1 Å². The van der Waals surface area contributed by atoms with E-state index in [9.17, 15) is 13.6 Å². The molecule has 4 nitrogen and oxygen atoms in total. The van der Waals surface area contributed by atoms with E-state index in [1.54, 1.807) is 18.2 Å². The van der Waals surface area contributed by atoms with Crippen LogP contribution in [-0.2, 0) is 11.2 Å². The van der Waals surface area contributed by atoms with E-state index in [0.29, 0.717) is 13.0 Å². The van der Waals surface area contributed by atoms with Crippen molar-refractivity contribution >= 4 is 11.6 Å². The number of halogens is 2. The fourth-order valence-corrected chi connectivity index (χ4v) is 2.15. The molecule has 1 amide bonds. The largest absolute Gasteiger partial charge is 0.435 e. The summed E-state index contributed by atoms with van der Waals surface area (Å²) in [5, 5.41) is 5.78. The van der Waals surface area contributed by atoms with Crippen molar-refractivity contribution in [1.29, 1.82) is 0 Å². The van der Waals surface area contributed by atoms with Gasteiger partial charge in [-0.1, -0.05) is 24.1 Å². The molecule has 6 heteroatoms. The van der Waals surface area contributed by atoms with Gasteiger partial charge in [-0.15, -0.1) is 6.42 Å². The molecule has 0 bridgehead atoms. The van der Waals surface area contributed by atoms with Gasteiger partial charge in [0.15, 0.2) is 0 Å². The lowest BCUT2D eigenvalue weighted by atomic mass is 10.1. The van der Waals surface area contributed by atoms with Crippen molar-refractivity contribution in [2.45, 2.75) is 13.0 Å². The Bertz CT molecular complexity index is 740. The standard InChI is InChI=1S/C19H18F2N2O2/c1-2-14-4-3-5-16(12-14)23-13-18(24)22-11-10-15-6-8-17(9-7-15)25-19(20)21/h1,3-9,12,19,23H,10-11,13H2,(H,22,24). The molecule has 0 saturated carbocycles. The normalized spacial score (nSPS) is 10.2. The van der Waals surface area contributed by atoms with Gasteiger partial charge in [0, 0.05) is 17.8 Å². The van der Waals surface area contributed by atoms with E-state index in [4.69, 9.17) is 6.42 Å². The highest BCUT2D eigenvalue weighted by atomic mass is 19.3. The molecule has 2 aromatic rings. The van der Waals surface area contributed by atoms with Gasteiger partial charge in [-0.25, -0.2) is 0 Å². The Morgan fingerprint density at radius 2 is 1.96 bits per heavy atom. The minimum Gasteiger partial charge on any atom is -0.435 e. The first-order valence-electron chi connectivity index (χ1n) is 7.68.